The van der Waals surface area contributed by atoms with E-state index < -0.39 is 11.9 Å². The number of aliphatic imine (C=N–C) groups is 1. The molecule has 2 nitrogen and oxygen atoms in total. The van der Waals surface area contributed by atoms with Gasteiger partial charge in [0.15, 0.2) is 0 Å². The summed E-state index contributed by atoms with van der Waals surface area (Å²) in [5.74, 6) is 0. The maximum absolute atomic E-state index is 12.3. The van der Waals surface area contributed by atoms with Crippen molar-refractivity contribution in [2.24, 2.45) is 4.99 Å². The fourth-order valence-corrected chi connectivity index (χ4v) is 0.975. The fraction of sp³-hybridized carbons (Fsp3) is 0.200. The third-order valence-corrected chi connectivity index (χ3v) is 1.62. The second kappa shape index (κ2) is 4.25. The van der Waals surface area contributed by atoms with Gasteiger partial charge in [-0.3, -0.25) is 4.99 Å². The molecule has 1 aromatic heterocycles. The molecular formula is C10H9F3N2. The monoisotopic (exact) mass is 214 g/mol. The molecule has 0 aliphatic rings. The third kappa shape index (κ3) is 2.90. The molecule has 0 fully saturated rings. The van der Waals surface area contributed by atoms with E-state index >= 15 is 0 Å². The molecule has 5 heteroatoms. The van der Waals surface area contributed by atoms with Gasteiger partial charge in [-0.25, -0.2) is 4.98 Å². The van der Waals surface area contributed by atoms with Gasteiger partial charge in [0.1, 0.15) is 5.69 Å². The molecule has 1 aromatic rings. The van der Waals surface area contributed by atoms with Gasteiger partial charge in [-0.05, 0) is 19.1 Å². The number of aromatic nitrogens is 1. The van der Waals surface area contributed by atoms with Crippen LogP contribution in [-0.2, 0) is 6.18 Å². The second-order valence-corrected chi connectivity index (χ2v) is 2.74. The number of pyridine rings is 1. The summed E-state index contributed by atoms with van der Waals surface area (Å²) >= 11 is 0. The van der Waals surface area contributed by atoms with E-state index in [1.54, 1.807) is 6.92 Å². The van der Waals surface area contributed by atoms with Crippen LogP contribution in [-0.4, -0.2) is 11.2 Å². The molecule has 0 saturated heterocycles. The van der Waals surface area contributed by atoms with Crippen molar-refractivity contribution >= 4 is 11.9 Å². The van der Waals surface area contributed by atoms with E-state index in [0.717, 1.165) is 6.07 Å². The highest BCUT2D eigenvalue weighted by Crippen LogP contribution is 2.28. The SMILES string of the molecule is C=C(N=CC)c1cccc(C(F)(F)F)n1. The summed E-state index contributed by atoms with van der Waals surface area (Å²) in [6.07, 6.45) is -2.99. The number of nitrogens with zero attached hydrogens (tertiary/aromatic N) is 2. The molecule has 0 atom stereocenters. The van der Waals surface area contributed by atoms with Crippen molar-refractivity contribution in [3.05, 3.63) is 36.2 Å². The molecule has 0 spiro atoms. The Hall–Kier alpha value is -1.65. The van der Waals surface area contributed by atoms with Gasteiger partial charge < -0.3 is 0 Å². The summed E-state index contributed by atoms with van der Waals surface area (Å²) < 4.78 is 36.9. The summed E-state index contributed by atoms with van der Waals surface area (Å²) in [4.78, 5) is 7.19. The van der Waals surface area contributed by atoms with Crippen LogP contribution in [0.1, 0.15) is 18.3 Å². The predicted octanol–water partition coefficient (Wildman–Crippen LogP) is 3.16. The zero-order chi connectivity index (χ0) is 11.5. The van der Waals surface area contributed by atoms with Crippen molar-refractivity contribution in [3.63, 3.8) is 0 Å². The Morgan fingerprint density at radius 1 is 1.47 bits per heavy atom. The standard InChI is InChI=1S/C10H9F3N2/c1-3-14-7(2)8-5-4-6-9(15-8)10(11,12)13/h3-6H,2H2,1H3. The summed E-state index contributed by atoms with van der Waals surface area (Å²) in [7, 11) is 0. The molecule has 0 N–H and O–H groups in total. The van der Waals surface area contributed by atoms with Crippen LogP contribution >= 0.6 is 0 Å². The molecule has 0 aromatic carbocycles. The highest BCUT2D eigenvalue weighted by atomic mass is 19.4. The number of halogens is 3. The maximum Gasteiger partial charge on any atom is 0.433 e. The Morgan fingerprint density at radius 3 is 2.67 bits per heavy atom. The van der Waals surface area contributed by atoms with Crippen molar-refractivity contribution in [1.82, 2.24) is 4.98 Å². The van der Waals surface area contributed by atoms with Crippen LogP contribution in [0.2, 0.25) is 0 Å². The average molecular weight is 214 g/mol. The molecule has 0 bridgehead atoms. The lowest BCUT2D eigenvalue weighted by Crippen LogP contribution is -2.08. The van der Waals surface area contributed by atoms with Gasteiger partial charge in [0.2, 0.25) is 0 Å². The lowest BCUT2D eigenvalue weighted by molar-refractivity contribution is -0.141. The summed E-state index contributed by atoms with van der Waals surface area (Å²) in [6.45, 7) is 5.16. The van der Waals surface area contributed by atoms with E-state index in [4.69, 9.17) is 0 Å². The maximum atomic E-state index is 12.3. The van der Waals surface area contributed by atoms with Crippen molar-refractivity contribution in [1.29, 1.82) is 0 Å². The molecule has 0 aliphatic carbocycles. The van der Waals surface area contributed by atoms with E-state index in [9.17, 15) is 13.2 Å². The first-order valence-corrected chi connectivity index (χ1v) is 4.17. The van der Waals surface area contributed by atoms with Crippen LogP contribution in [0.4, 0.5) is 13.2 Å². The zero-order valence-corrected chi connectivity index (χ0v) is 8.04. The predicted molar refractivity (Wildman–Crippen MR) is 52.4 cm³/mol. The molecule has 1 heterocycles. The molecule has 1 rings (SSSR count). The van der Waals surface area contributed by atoms with E-state index in [1.807, 2.05) is 0 Å². The number of alkyl halides is 3. The molecule has 0 unspecified atom stereocenters. The van der Waals surface area contributed by atoms with Gasteiger partial charge in [0.25, 0.3) is 0 Å². The summed E-state index contributed by atoms with van der Waals surface area (Å²) in [6, 6.07) is 3.62. The molecule has 15 heavy (non-hydrogen) atoms. The first-order chi connectivity index (χ1) is 6.95. The van der Waals surface area contributed by atoms with Gasteiger partial charge in [-0.15, -0.1) is 0 Å². The van der Waals surface area contributed by atoms with Gasteiger partial charge in [0, 0.05) is 6.21 Å². The smallest absolute Gasteiger partial charge is 0.260 e. The minimum Gasteiger partial charge on any atom is -0.260 e. The van der Waals surface area contributed by atoms with Crippen LogP contribution < -0.4 is 0 Å². The number of rotatable bonds is 2. The third-order valence-electron chi connectivity index (χ3n) is 1.62. The van der Waals surface area contributed by atoms with Gasteiger partial charge >= 0.3 is 6.18 Å². The lowest BCUT2D eigenvalue weighted by atomic mass is 10.2. The Kier molecular flexibility index (Phi) is 3.24. The summed E-state index contributed by atoms with van der Waals surface area (Å²) in [5.41, 5.74) is -0.598. The minimum atomic E-state index is -4.44. The first kappa shape index (κ1) is 11.4. The van der Waals surface area contributed by atoms with Crippen LogP contribution in [0.5, 0.6) is 0 Å². The average Bonchev–Trinajstić information content (AvgIpc) is 2.17. The molecule has 80 valence electrons. The van der Waals surface area contributed by atoms with Crippen LogP contribution in [0.25, 0.3) is 5.70 Å². The van der Waals surface area contributed by atoms with Gasteiger partial charge in [-0.1, -0.05) is 12.6 Å². The number of hydrogen-bond acceptors (Lipinski definition) is 2. The normalized spacial score (nSPS) is 12.0. The molecule has 0 aliphatic heterocycles. The zero-order valence-electron chi connectivity index (χ0n) is 8.04. The highest BCUT2D eigenvalue weighted by Gasteiger charge is 2.32. The Morgan fingerprint density at radius 2 is 2.13 bits per heavy atom. The molecular weight excluding hydrogens is 205 g/mol. The van der Waals surface area contributed by atoms with E-state index in [1.165, 1.54) is 18.3 Å². The van der Waals surface area contributed by atoms with Crippen molar-refractivity contribution in [3.8, 4) is 0 Å². The quantitative estimate of drug-likeness (QED) is 0.694. The van der Waals surface area contributed by atoms with Crippen molar-refractivity contribution in [2.75, 3.05) is 0 Å². The Labute approximate surface area is 85.2 Å². The number of hydrogen-bond donors (Lipinski definition) is 0. The first-order valence-electron chi connectivity index (χ1n) is 4.17. The second-order valence-electron chi connectivity index (χ2n) is 2.74. The highest BCUT2D eigenvalue weighted by molar-refractivity contribution is 5.69. The van der Waals surface area contributed by atoms with Crippen molar-refractivity contribution < 1.29 is 13.2 Å². The Balaban J connectivity index is 3.08. The van der Waals surface area contributed by atoms with Crippen molar-refractivity contribution in [2.45, 2.75) is 13.1 Å². The van der Waals surface area contributed by atoms with E-state index in [2.05, 4.69) is 16.6 Å². The Bertz CT molecular complexity index is 394. The lowest BCUT2D eigenvalue weighted by Gasteiger charge is -2.06. The van der Waals surface area contributed by atoms with Gasteiger partial charge in [-0.2, -0.15) is 13.2 Å². The van der Waals surface area contributed by atoms with Gasteiger partial charge in [0.05, 0.1) is 11.4 Å². The fourth-order valence-electron chi connectivity index (χ4n) is 0.975. The van der Waals surface area contributed by atoms with Crippen LogP contribution in [0.15, 0.2) is 29.8 Å². The minimum absolute atomic E-state index is 0.128. The van der Waals surface area contributed by atoms with E-state index in [0.29, 0.717) is 0 Å². The van der Waals surface area contributed by atoms with Crippen LogP contribution in [0, 0.1) is 0 Å². The molecule has 0 saturated carbocycles. The van der Waals surface area contributed by atoms with Crippen LogP contribution in [0.3, 0.4) is 0 Å². The molecule has 0 amide bonds. The topological polar surface area (TPSA) is 25.2 Å². The summed E-state index contributed by atoms with van der Waals surface area (Å²) in [5, 5.41) is 0. The molecule has 0 radical (unpaired) electrons. The van der Waals surface area contributed by atoms with E-state index in [-0.39, 0.29) is 11.4 Å². The largest absolute Gasteiger partial charge is 0.433 e.